The Morgan fingerprint density at radius 2 is 1.50 bits per heavy atom. The third-order valence-corrected chi connectivity index (χ3v) is 4.14. The topological polar surface area (TPSA) is 4.93 Å². The van der Waals surface area contributed by atoms with E-state index < -0.39 is 0 Å². The summed E-state index contributed by atoms with van der Waals surface area (Å²) in [5.41, 5.74) is 8.01. The van der Waals surface area contributed by atoms with Gasteiger partial charge in [0, 0.05) is 16.8 Å². The van der Waals surface area contributed by atoms with Gasteiger partial charge in [0.05, 0.1) is 5.52 Å². The molecule has 1 nitrogen and oxygen atoms in total. The molecule has 3 aromatic rings. The molecule has 1 heteroatoms. The summed E-state index contributed by atoms with van der Waals surface area (Å²) in [6.45, 7) is 8.76. The molecule has 0 saturated heterocycles. The largest absolute Gasteiger partial charge is 0.314 e. The van der Waals surface area contributed by atoms with E-state index in [4.69, 9.17) is 0 Å². The molecule has 2 aromatic carbocycles. The summed E-state index contributed by atoms with van der Waals surface area (Å²) >= 11 is 0. The molecule has 0 aliphatic rings. The minimum atomic E-state index is 1.07. The highest BCUT2D eigenvalue weighted by atomic mass is 15.0. The van der Waals surface area contributed by atoms with Gasteiger partial charge >= 0.3 is 0 Å². The van der Waals surface area contributed by atoms with Gasteiger partial charge in [0.1, 0.15) is 0 Å². The Bertz CT molecular complexity index is 761. The summed E-state index contributed by atoms with van der Waals surface area (Å²) in [7, 11) is 0. The lowest BCUT2D eigenvalue weighted by Crippen LogP contribution is -1.97. The van der Waals surface area contributed by atoms with Gasteiger partial charge in [-0.25, -0.2) is 0 Å². The van der Waals surface area contributed by atoms with Crippen LogP contribution in [0.2, 0.25) is 0 Å². The predicted molar refractivity (Wildman–Crippen MR) is 86.9 cm³/mol. The summed E-state index contributed by atoms with van der Waals surface area (Å²) < 4.78 is 2.38. The van der Waals surface area contributed by atoms with Crippen LogP contribution in [0, 0.1) is 20.8 Å². The SMILES string of the molecule is CCc1c(C)n(-c2ccc(C)cc2)c2ccc(C)cc12. The quantitative estimate of drug-likeness (QED) is 0.605. The Hall–Kier alpha value is -2.02. The number of nitrogens with zero attached hydrogens (tertiary/aromatic N) is 1. The Kier molecular flexibility index (Phi) is 3.13. The first-order chi connectivity index (χ1) is 9.61. The van der Waals surface area contributed by atoms with Gasteiger partial charge in [0.15, 0.2) is 0 Å². The van der Waals surface area contributed by atoms with E-state index in [9.17, 15) is 0 Å². The molecule has 0 aliphatic carbocycles. The minimum absolute atomic E-state index is 1.07. The van der Waals surface area contributed by atoms with E-state index >= 15 is 0 Å². The lowest BCUT2D eigenvalue weighted by atomic mass is 10.1. The Morgan fingerprint density at radius 1 is 0.850 bits per heavy atom. The van der Waals surface area contributed by atoms with E-state index in [1.807, 2.05) is 0 Å². The second-order valence-corrected chi connectivity index (χ2v) is 5.61. The van der Waals surface area contributed by atoms with Gasteiger partial charge in [-0.15, -0.1) is 0 Å². The van der Waals surface area contributed by atoms with E-state index in [1.54, 1.807) is 0 Å². The van der Waals surface area contributed by atoms with E-state index in [0.717, 1.165) is 6.42 Å². The van der Waals surface area contributed by atoms with Crippen LogP contribution in [0.1, 0.15) is 29.3 Å². The molecular formula is C19H21N. The average molecular weight is 263 g/mol. The van der Waals surface area contributed by atoms with Crippen LogP contribution in [0.25, 0.3) is 16.6 Å². The van der Waals surface area contributed by atoms with Gasteiger partial charge < -0.3 is 4.57 Å². The van der Waals surface area contributed by atoms with Gasteiger partial charge in [-0.1, -0.05) is 36.2 Å². The molecule has 1 heterocycles. The lowest BCUT2D eigenvalue weighted by Gasteiger charge is -2.09. The van der Waals surface area contributed by atoms with Crippen molar-refractivity contribution in [1.29, 1.82) is 0 Å². The average Bonchev–Trinajstić information content (AvgIpc) is 2.71. The van der Waals surface area contributed by atoms with E-state index in [2.05, 4.69) is 74.7 Å². The Balaban J connectivity index is 2.35. The molecule has 0 atom stereocenters. The number of aromatic nitrogens is 1. The van der Waals surface area contributed by atoms with Crippen molar-refractivity contribution in [3.05, 3.63) is 64.8 Å². The maximum Gasteiger partial charge on any atom is 0.0534 e. The van der Waals surface area contributed by atoms with Gasteiger partial charge in [-0.3, -0.25) is 0 Å². The first-order valence-electron chi connectivity index (χ1n) is 7.29. The van der Waals surface area contributed by atoms with Crippen molar-refractivity contribution < 1.29 is 0 Å². The van der Waals surface area contributed by atoms with E-state index in [0.29, 0.717) is 0 Å². The molecule has 0 radical (unpaired) electrons. The smallest absolute Gasteiger partial charge is 0.0534 e. The zero-order chi connectivity index (χ0) is 14.3. The summed E-state index contributed by atoms with van der Waals surface area (Å²) in [6.07, 6.45) is 1.07. The van der Waals surface area contributed by atoms with Crippen LogP contribution in [-0.2, 0) is 6.42 Å². The van der Waals surface area contributed by atoms with Crippen molar-refractivity contribution in [2.45, 2.75) is 34.1 Å². The summed E-state index contributed by atoms with van der Waals surface area (Å²) in [4.78, 5) is 0. The fourth-order valence-electron chi connectivity index (χ4n) is 3.07. The molecule has 0 spiro atoms. The normalized spacial score (nSPS) is 11.2. The standard InChI is InChI=1S/C19H21N/c1-5-17-15(4)20(16-9-6-13(2)7-10-16)19-11-8-14(3)12-18(17)19/h6-12H,5H2,1-4H3. The van der Waals surface area contributed by atoms with Crippen LogP contribution in [-0.4, -0.2) is 4.57 Å². The first kappa shape index (κ1) is 13.0. The predicted octanol–water partition coefficient (Wildman–Crippen LogP) is 5.12. The number of rotatable bonds is 2. The van der Waals surface area contributed by atoms with Crippen molar-refractivity contribution in [2.24, 2.45) is 0 Å². The highest BCUT2D eigenvalue weighted by Crippen LogP contribution is 2.30. The fourth-order valence-corrected chi connectivity index (χ4v) is 3.07. The molecule has 0 amide bonds. The third kappa shape index (κ3) is 1.94. The Morgan fingerprint density at radius 3 is 2.15 bits per heavy atom. The molecule has 0 fully saturated rings. The van der Waals surface area contributed by atoms with Gasteiger partial charge in [-0.05, 0) is 57.0 Å². The van der Waals surface area contributed by atoms with Crippen molar-refractivity contribution in [3.63, 3.8) is 0 Å². The molecule has 0 saturated carbocycles. The number of benzene rings is 2. The maximum absolute atomic E-state index is 2.38. The van der Waals surface area contributed by atoms with Crippen molar-refractivity contribution >= 4 is 10.9 Å². The van der Waals surface area contributed by atoms with Crippen LogP contribution in [0.5, 0.6) is 0 Å². The monoisotopic (exact) mass is 263 g/mol. The van der Waals surface area contributed by atoms with Gasteiger partial charge in [-0.2, -0.15) is 0 Å². The molecule has 0 unspecified atom stereocenters. The third-order valence-electron chi connectivity index (χ3n) is 4.14. The molecule has 0 bridgehead atoms. The van der Waals surface area contributed by atoms with Crippen molar-refractivity contribution in [3.8, 4) is 5.69 Å². The van der Waals surface area contributed by atoms with Crippen LogP contribution >= 0.6 is 0 Å². The maximum atomic E-state index is 2.38. The molecule has 0 aliphatic heterocycles. The number of hydrogen-bond donors (Lipinski definition) is 0. The summed E-state index contributed by atoms with van der Waals surface area (Å²) in [5, 5.41) is 1.39. The highest BCUT2D eigenvalue weighted by Gasteiger charge is 2.13. The van der Waals surface area contributed by atoms with E-state index in [1.165, 1.54) is 39.0 Å². The fraction of sp³-hybridized carbons (Fsp3) is 0.263. The minimum Gasteiger partial charge on any atom is -0.314 e. The number of fused-ring (bicyclic) bond motifs is 1. The van der Waals surface area contributed by atoms with Crippen LogP contribution in [0.4, 0.5) is 0 Å². The molecule has 1 aromatic heterocycles. The molecule has 3 rings (SSSR count). The molecule has 20 heavy (non-hydrogen) atoms. The summed E-state index contributed by atoms with van der Waals surface area (Å²) in [6, 6.07) is 15.5. The zero-order valence-corrected chi connectivity index (χ0v) is 12.7. The second kappa shape index (κ2) is 4.82. The summed E-state index contributed by atoms with van der Waals surface area (Å²) in [5.74, 6) is 0. The number of aryl methyl sites for hydroxylation is 3. The van der Waals surface area contributed by atoms with E-state index in [-0.39, 0.29) is 0 Å². The van der Waals surface area contributed by atoms with Crippen LogP contribution in [0.3, 0.4) is 0 Å². The molecule has 102 valence electrons. The molecular weight excluding hydrogens is 242 g/mol. The van der Waals surface area contributed by atoms with Crippen molar-refractivity contribution in [2.75, 3.05) is 0 Å². The van der Waals surface area contributed by atoms with Crippen LogP contribution < -0.4 is 0 Å². The number of hydrogen-bond acceptors (Lipinski definition) is 0. The lowest BCUT2D eigenvalue weighted by molar-refractivity contribution is 1.01. The highest BCUT2D eigenvalue weighted by molar-refractivity contribution is 5.88. The first-order valence-corrected chi connectivity index (χ1v) is 7.29. The second-order valence-electron chi connectivity index (χ2n) is 5.61. The zero-order valence-electron chi connectivity index (χ0n) is 12.7. The van der Waals surface area contributed by atoms with Crippen LogP contribution in [0.15, 0.2) is 42.5 Å². The van der Waals surface area contributed by atoms with Crippen molar-refractivity contribution in [1.82, 2.24) is 4.57 Å². The van der Waals surface area contributed by atoms with Gasteiger partial charge in [0.25, 0.3) is 0 Å². The molecule has 0 N–H and O–H groups in total. The van der Waals surface area contributed by atoms with Gasteiger partial charge in [0.2, 0.25) is 0 Å². The Labute approximate surface area is 120 Å².